The van der Waals surface area contributed by atoms with Crippen LogP contribution in [0.3, 0.4) is 0 Å². The molecule has 2 nitrogen and oxygen atoms in total. The minimum absolute atomic E-state index is 0.264. The van der Waals surface area contributed by atoms with Gasteiger partial charge in [-0.25, -0.2) is 0 Å². The number of benzene rings is 2. The lowest BCUT2D eigenvalue weighted by molar-refractivity contribution is 0.683. The van der Waals surface area contributed by atoms with Gasteiger partial charge in [0.25, 0.3) is 0 Å². The molecule has 0 fully saturated rings. The van der Waals surface area contributed by atoms with Crippen LogP contribution in [0.25, 0.3) is 0 Å². The van der Waals surface area contributed by atoms with E-state index in [0.717, 1.165) is 5.56 Å². The number of anilines is 1. The van der Waals surface area contributed by atoms with Gasteiger partial charge in [-0.2, -0.15) is 0 Å². The fourth-order valence-corrected chi connectivity index (χ4v) is 3.63. The van der Waals surface area contributed by atoms with Crippen molar-refractivity contribution in [2.24, 2.45) is 0 Å². The smallest absolute Gasteiger partial charge is 0.0635 e. The molecule has 0 saturated heterocycles. The fourth-order valence-electron chi connectivity index (χ4n) is 1.56. The van der Waals surface area contributed by atoms with E-state index in [1.807, 2.05) is 0 Å². The van der Waals surface area contributed by atoms with Gasteiger partial charge in [0.2, 0.25) is 0 Å². The lowest BCUT2D eigenvalue weighted by atomic mass is 10.2. The maximum absolute atomic E-state index is 12.3. The summed E-state index contributed by atoms with van der Waals surface area (Å²) in [6.07, 6.45) is 0. The highest BCUT2D eigenvalue weighted by Gasteiger charge is 2.12. The number of hydrogen-bond acceptors (Lipinski definition) is 2. The standard InChI is InChI=1S/C13H10Cl3NOS/c14-9-2-1-8(11(16)5-9)7-19(18)13-6-10(15)3-4-12(13)17/h1-6H,7,17H2. The topological polar surface area (TPSA) is 43.1 Å². The molecule has 0 spiro atoms. The number of hydrogen-bond donors (Lipinski definition) is 1. The van der Waals surface area contributed by atoms with E-state index in [2.05, 4.69) is 0 Å². The summed E-state index contributed by atoms with van der Waals surface area (Å²) < 4.78 is 12.3. The first-order chi connectivity index (χ1) is 8.97. The van der Waals surface area contributed by atoms with Gasteiger partial charge in [-0.05, 0) is 35.9 Å². The monoisotopic (exact) mass is 333 g/mol. The van der Waals surface area contributed by atoms with Crippen molar-refractivity contribution in [2.75, 3.05) is 5.73 Å². The summed E-state index contributed by atoms with van der Waals surface area (Å²) in [4.78, 5) is 0.513. The van der Waals surface area contributed by atoms with Crippen LogP contribution in [-0.4, -0.2) is 4.21 Å². The SMILES string of the molecule is Nc1ccc(Cl)cc1S(=O)Cc1ccc(Cl)cc1Cl. The van der Waals surface area contributed by atoms with Gasteiger partial charge in [0.05, 0.1) is 21.4 Å². The lowest BCUT2D eigenvalue weighted by Crippen LogP contribution is -2.01. The van der Waals surface area contributed by atoms with Crippen molar-refractivity contribution in [3.05, 3.63) is 57.0 Å². The summed E-state index contributed by atoms with van der Waals surface area (Å²) in [7, 11) is -1.31. The van der Waals surface area contributed by atoms with Crippen molar-refractivity contribution in [2.45, 2.75) is 10.6 Å². The van der Waals surface area contributed by atoms with E-state index < -0.39 is 10.8 Å². The molecule has 0 bridgehead atoms. The van der Waals surface area contributed by atoms with Crippen molar-refractivity contribution in [1.82, 2.24) is 0 Å². The van der Waals surface area contributed by atoms with Crippen LogP contribution in [0.15, 0.2) is 41.3 Å². The lowest BCUT2D eigenvalue weighted by Gasteiger charge is -2.08. The molecule has 1 unspecified atom stereocenters. The van der Waals surface area contributed by atoms with Crippen molar-refractivity contribution in [3.8, 4) is 0 Å². The third-order valence-electron chi connectivity index (χ3n) is 2.52. The van der Waals surface area contributed by atoms with Gasteiger partial charge >= 0.3 is 0 Å². The van der Waals surface area contributed by atoms with Gasteiger partial charge < -0.3 is 5.73 Å². The van der Waals surface area contributed by atoms with Gasteiger partial charge in [-0.3, -0.25) is 4.21 Å². The second kappa shape index (κ2) is 6.14. The number of nitrogens with two attached hydrogens (primary N) is 1. The highest BCUT2D eigenvalue weighted by Crippen LogP contribution is 2.27. The molecule has 0 aromatic heterocycles. The highest BCUT2D eigenvalue weighted by molar-refractivity contribution is 7.84. The van der Waals surface area contributed by atoms with Crippen molar-refractivity contribution in [3.63, 3.8) is 0 Å². The molecule has 0 saturated carbocycles. The molecule has 2 rings (SSSR count). The van der Waals surface area contributed by atoms with Gasteiger partial charge in [-0.1, -0.05) is 40.9 Å². The molecule has 0 aliphatic rings. The maximum Gasteiger partial charge on any atom is 0.0635 e. The van der Waals surface area contributed by atoms with Gasteiger partial charge in [0.15, 0.2) is 0 Å². The van der Waals surface area contributed by atoms with Crippen LogP contribution in [-0.2, 0) is 16.6 Å². The average Bonchev–Trinajstić information content (AvgIpc) is 2.35. The molecule has 19 heavy (non-hydrogen) atoms. The summed E-state index contributed by atoms with van der Waals surface area (Å²) in [6, 6.07) is 9.99. The van der Waals surface area contributed by atoms with Crippen molar-refractivity contribution >= 4 is 51.3 Å². The molecule has 100 valence electrons. The molecule has 1 atom stereocenters. The van der Waals surface area contributed by atoms with E-state index in [1.54, 1.807) is 36.4 Å². The first-order valence-corrected chi connectivity index (χ1v) is 7.80. The second-order valence-electron chi connectivity index (χ2n) is 3.91. The molecule has 0 aliphatic carbocycles. The van der Waals surface area contributed by atoms with E-state index >= 15 is 0 Å². The Labute approximate surface area is 128 Å². The fraction of sp³-hybridized carbons (Fsp3) is 0.0769. The summed E-state index contributed by atoms with van der Waals surface area (Å²) in [5.74, 6) is 0.264. The predicted molar refractivity (Wildman–Crippen MR) is 82.4 cm³/mol. The Morgan fingerprint density at radius 2 is 1.63 bits per heavy atom. The minimum atomic E-state index is -1.31. The molecule has 0 heterocycles. The van der Waals surface area contributed by atoms with E-state index in [-0.39, 0.29) is 5.75 Å². The molecule has 6 heteroatoms. The molecule has 0 amide bonds. The van der Waals surface area contributed by atoms with Crippen LogP contribution < -0.4 is 5.73 Å². The molecular weight excluding hydrogens is 325 g/mol. The van der Waals surface area contributed by atoms with Crippen molar-refractivity contribution < 1.29 is 4.21 Å². The quantitative estimate of drug-likeness (QED) is 0.838. The zero-order valence-corrected chi connectivity index (χ0v) is 12.8. The third-order valence-corrected chi connectivity index (χ3v) is 4.76. The molecule has 0 radical (unpaired) electrons. The number of rotatable bonds is 3. The summed E-state index contributed by atoms with van der Waals surface area (Å²) >= 11 is 17.8. The van der Waals surface area contributed by atoms with E-state index in [4.69, 9.17) is 40.5 Å². The van der Waals surface area contributed by atoms with E-state index in [1.165, 1.54) is 0 Å². The molecule has 2 aromatic carbocycles. The van der Waals surface area contributed by atoms with E-state index in [0.29, 0.717) is 25.7 Å². The molecule has 2 aromatic rings. The first-order valence-electron chi connectivity index (χ1n) is 5.34. The van der Waals surface area contributed by atoms with Crippen LogP contribution in [0.5, 0.6) is 0 Å². The maximum atomic E-state index is 12.3. The van der Waals surface area contributed by atoms with Crippen molar-refractivity contribution in [1.29, 1.82) is 0 Å². The van der Waals surface area contributed by atoms with Crippen LogP contribution in [0.2, 0.25) is 15.1 Å². The Morgan fingerprint density at radius 1 is 1.00 bits per heavy atom. The van der Waals surface area contributed by atoms with Crippen LogP contribution in [0.1, 0.15) is 5.56 Å². The summed E-state index contributed by atoms with van der Waals surface area (Å²) in [5.41, 5.74) is 7.01. The third kappa shape index (κ3) is 3.63. The van der Waals surface area contributed by atoms with Crippen LogP contribution in [0.4, 0.5) is 5.69 Å². The number of nitrogen functional groups attached to an aromatic ring is 1. The highest BCUT2D eigenvalue weighted by atomic mass is 35.5. The van der Waals surface area contributed by atoms with Crippen LogP contribution >= 0.6 is 34.8 Å². The Kier molecular flexibility index (Phi) is 4.74. The van der Waals surface area contributed by atoms with Gasteiger partial charge in [0, 0.05) is 20.8 Å². The Hall–Kier alpha value is -0.740. The Morgan fingerprint density at radius 3 is 2.32 bits per heavy atom. The first kappa shape index (κ1) is 14.7. The number of halogens is 3. The minimum Gasteiger partial charge on any atom is -0.398 e. The molecule has 2 N–H and O–H groups in total. The largest absolute Gasteiger partial charge is 0.398 e. The molecular formula is C13H10Cl3NOS. The van der Waals surface area contributed by atoms with Gasteiger partial charge in [0.1, 0.15) is 0 Å². The summed E-state index contributed by atoms with van der Waals surface area (Å²) in [5, 5.41) is 1.53. The van der Waals surface area contributed by atoms with Crippen LogP contribution in [0, 0.1) is 0 Å². The second-order valence-corrected chi connectivity index (χ2v) is 6.61. The average molecular weight is 335 g/mol. The zero-order chi connectivity index (χ0) is 14.0. The Bertz CT molecular complexity index is 646. The zero-order valence-electron chi connectivity index (χ0n) is 9.70. The molecule has 0 aliphatic heterocycles. The summed E-state index contributed by atoms with van der Waals surface area (Å²) in [6.45, 7) is 0. The Balaban J connectivity index is 2.28. The normalized spacial score (nSPS) is 12.4. The van der Waals surface area contributed by atoms with E-state index in [9.17, 15) is 4.21 Å². The van der Waals surface area contributed by atoms with Gasteiger partial charge in [-0.15, -0.1) is 0 Å². The predicted octanol–water partition coefficient (Wildman–Crippen LogP) is 4.54.